The van der Waals surface area contributed by atoms with E-state index >= 15 is 0 Å². The Bertz CT molecular complexity index is 233. The van der Waals surface area contributed by atoms with Crippen molar-refractivity contribution in [2.24, 2.45) is 0 Å². The smallest absolute Gasteiger partial charge is 0.355 e. The molecule has 5 heteroatoms. The van der Waals surface area contributed by atoms with Crippen LogP contribution in [0.2, 0.25) is 0 Å². The van der Waals surface area contributed by atoms with Gasteiger partial charge in [0.05, 0.1) is 6.61 Å². The van der Waals surface area contributed by atoms with Crippen LogP contribution in [0.1, 0.15) is 27.2 Å². The number of hydrogen-bond donors (Lipinski definition) is 0. The van der Waals surface area contributed by atoms with Gasteiger partial charge in [-0.2, -0.15) is 0 Å². The van der Waals surface area contributed by atoms with E-state index in [0.717, 1.165) is 6.92 Å². The molecule has 0 radical (unpaired) electrons. The molecule has 0 aliphatic carbocycles. The van der Waals surface area contributed by atoms with Crippen molar-refractivity contribution in [1.29, 1.82) is 0 Å². The molecular formula is C9H14O5. The van der Waals surface area contributed by atoms with Gasteiger partial charge < -0.3 is 9.47 Å². The van der Waals surface area contributed by atoms with E-state index in [-0.39, 0.29) is 13.0 Å². The number of ether oxygens (including phenoxy) is 2. The van der Waals surface area contributed by atoms with Gasteiger partial charge >= 0.3 is 11.9 Å². The zero-order valence-electron chi connectivity index (χ0n) is 8.53. The van der Waals surface area contributed by atoms with Crippen molar-refractivity contribution < 1.29 is 23.9 Å². The average Bonchev–Trinajstić information content (AvgIpc) is 2.13. The molecule has 0 fully saturated rings. The maximum Gasteiger partial charge on any atom is 0.355 e. The first-order valence-electron chi connectivity index (χ1n) is 4.39. The van der Waals surface area contributed by atoms with Crippen LogP contribution >= 0.6 is 0 Å². The lowest BCUT2D eigenvalue weighted by Gasteiger charge is -2.13. The predicted molar refractivity (Wildman–Crippen MR) is 47.5 cm³/mol. The van der Waals surface area contributed by atoms with E-state index < -0.39 is 23.8 Å². The summed E-state index contributed by atoms with van der Waals surface area (Å²) in [6, 6.07) is 0. The number of rotatable bonds is 5. The van der Waals surface area contributed by atoms with E-state index in [0.29, 0.717) is 0 Å². The molecule has 1 atom stereocenters. The van der Waals surface area contributed by atoms with Crippen LogP contribution in [-0.4, -0.2) is 30.4 Å². The molecule has 0 saturated carbocycles. The summed E-state index contributed by atoms with van der Waals surface area (Å²) >= 11 is 0. The molecule has 0 aromatic carbocycles. The highest BCUT2D eigenvalue weighted by atomic mass is 16.6. The molecule has 0 bridgehead atoms. The van der Waals surface area contributed by atoms with Gasteiger partial charge in [0.15, 0.2) is 5.78 Å². The molecule has 0 saturated heterocycles. The Morgan fingerprint density at radius 2 is 1.79 bits per heavy atom. The van der Waals surface area contributed by atoms with Gasteiger partial charge in [-0.3, -0.25) is 9.59 Å². The Hall–Kier alpha value is -1.39. The van der Waals surface area contributed by atoms with Gasteiger partial charge in [-0.1, -0.05) is 6.92 Å². The fourth-order valence-corrected chi connectivity index (χ4v) is 0.815. The normalized spacial score (nSPS) is 11.6. The molecule has 14 heavy (non-hydrogen) atoms. The van der Waals surface area contributed by atoms with Crippen molar-refractivity contribution >= 4 is 17.7 Å². The van der Waals surface area contributed by atoms with Crippen molar-refractivity contribution in [3.8, 4) is 0 Å². The highest BCUT2D eigenvalue weighted by Crippen LogP contribution is 2.01. The zero-order valence-corrected chi connectivity index (χ0v) is 8.53. The van der Waals surface area contributed by atoms with Crippen molar-refractivity contribution in [3.63, 3.8) is 0 Å². The van der Waals surface area contributed by atoms with Crippen LogP contribution < -0.4 is 0 Å². The predicted octanol–water partition coefficient (Wildman–Crippen LogP) is 0.460. The molecule has 0 spiro atoms. The molecule has 0 rings (SSSR count). The SMILES string of the molecule is CCOC(=O)[C@H](OC(C)=O)C(=O)CC. The van der Waals surface area contributed by atoms with Crippen LogP contribution in [0, 0.1) is 0 Å². The number of ketones is 1. The summed E-state index contributed by atoms with van der Waals surface area (Å²) in [5.41, 5.74) is 0. The van der Waals surface area contributed by atoms with E-state index in [1.165, 1.54) is 0 Å². The fourth-order valence-electron chi connectivity index (χ4n) is 0.815. The third-order valence-electron chi connectivity index (χ3n) is 1.43. The van der Waals surface area contributed by atoms with Gasteiger partial charge in [0.2, 0.25) is 0 Å². The average molecular weight is 202 g/mol. The van der Waals surface area contributed by atoms with Crippen molar-refractivity contribution in [2.45, 2.75) is 33.3 Å². The van der Waals surface area contributed by atoms with Crippen LogP contribution in [0.15, 0.2) is 0 Å². The number of carbonyl (C=O) groups is 3. The van der Waals surface area contributed by atoms with Crippen LogP contribution in [0.5, 0.6) is 0 Å². The van der Waals surface area contributed by atoms with E-state index in [1.807, 2.05) is 0 Å². The van der Waals surface area contributed by atoms with E-state index in [9.17, 15) is 14.4 Å². The zero-order chi connectivity index (χ0) is 11.1. The molecule has 0 unspecified atom stereocenters. The Kier molecular flexibility index (Phi) is 5.52. The summed E-state index contributed by atoms with van der Waals surface area (Å²) in [6.07, 6.45) is -1.28. The summed E-state index contributed by atoms with van der Waals surface area (Å²) in [7, 11) is 0. The Labute approximate surface area is 82.4 Å². The van der Waals surface area contributed by atoms with Crippen molar-refractivity contribution in [2.75, 3.05) is 6.61 Å². The van der Waals surface area contributed by atoms with Crippen LogP contribution in [0.25, 0.3) is 0 Å². The highest BCUT2D eigenvalue weighted by molar-refractivity contribution is 6.03. The van der Waals surface area contributed by atoms with Gasteiger partial charge in [0.1, 0.15) is 0 Å². The van der Waals surface area contributed by atoms with Crippen LogP contribution in [0.4, 0.5) is 0 Å². The summed E-state index contributed by atoms with van der Waals surface area (Å²) < 4.78 is 9.15. The quantitative estimate of drug-likeness (QED) is 0.478. The summed E-state index contributed by atoms with van der Waals surface area (Å²) in [5.74, 6) is -1.95. The number of carbonyl (C=O) groups excluding carboxylic acids is 3. The lowest BCUT2D eigenvalue weighted by molar-refractivity contribution is -0.169. The van der Waals surface area contributed by atoms with Gasteiger partial charge in [-0.25, -0.2) is 4.79 Å². The Balaban J connectivity index is 4.45. The lowest BCUT2D eigenvalue weighted by atomic mass is 10.2. The second-order valence-electron chi connectivity index (χ2n) is 2.56. The maximum absolute atomic E-state index is 11.2. The van der Waals surface area contributed by atoms with Gasteiger partial charge in [0, 0.05) is 13.3 Å². The number of Topliss-reactive ketones (excluding diaryl/α,β-unsaturated/α-hetero) is 1. The van der Waals surface area contributed by atoms with E-state index in [4.69, 9.17) is 0 Å². The van der Waals surface area contributed by atoms with E-state index in [1.54, 1.807) is 13.8 Å². The second kappa shape index (κ2) is 6.12. The molecule has 0 aliphatic heterocycles. The number of hydrogen-bond acceptors (Lipinski definition) is 5. The first-order valence-corrected chi connectivity index (χ1v) is 4.39. The monoisotopic (exact) mass is 202 g/mol. The van der Waals surface area contributed by atoms with Crippen LogP contribution in [0.3, 0.4) is 0 Å². The third kappa shape index (κ3) is 4.02. The molecule has 0 aromatic rings. The van der Waals surface area contributed by atoms with Gasteiger partial charge in [0.25, 0.3) is 6.10 Å². The molecule has 0 aliphatic rings. The van der Waals surface area contributed by atoms with Crippen molar-refractivity contribution in [3.05, 3.63) is 0 Å². The Morgan fingerprint density at radius 3 is 2.14 bits per heavy atom. The third-order valence-corrected chi connectivity index (χ3v) is 1.43. The Morgan fingerprint density at radius 1 is 1.21 bits per heavy atom. The number of esters is 2. The summed E-state index contributed by atoms with van der Waals surface area (Å²) in [5, 5.41) is 0. The minimum atomic E-state index is -1.41. The molecule has 0 aromatic heterocycles. The first kappa shape index (κ1) is 12.6. The highest BCUT2D eigenvalue weighted by Gasteiger charge is 2.29. The van der Waals surface area contributed by atoms with Crippen LogP contribution in [-0.2, 0) is 23.9 Å². The molecular weight excluding hydrogens is 188 g/mol. The fraction of sp³-hybridized carbons (Fsp3) is 0.667. The largest absolute Gasteiger partial charge is 0.463 e. The standard InChI is InChI=1S/C9H14O5/c1-4-7(11)8(14-6(3)10)9(12)13-5-2/h8H,4-5H2,1-3H3/t8-/m1/s1. The lowest BCUT2D eigenvalue weighted by Crippen LogP contribution is -2.35. The topological polar surface area (TPSA) is 69.7 Å². The summed E-state index contributed by atoms with van der Waals surface area (Å²) in [4.78, 5) is 32.9. The molecule has 0 heterocycles. The van der Waals surface area contributed by atoms with Crippen molar-refractivity contribution in [1.82, 2.24) is 0 Å². The minimum Gasteiger partial charge on any atom is -0.463 e. The molecule has 0 amide bonds. The van der Waals surface area contributed by atoms with E-state index in [2.05, 4.69) is 9.47 Å². The second-order valence-corrected chi connectivity index (χ2v) is 2.56. The minimum absolute atomic E-state index is 0.122. The van der Waals surface area contributed by atoms with Gasteiger partial charge in [-0.05, 0) is 6.92 Å². The molecule has 5 nitrogen and oxygen atoms in total. The maximum atomic E-state index is 11.2. The molecule has 0 N–H and O–H groups in total. The summed E-state index contributed by atoms with van der Waals surface area (Å²) in [6.45, 7) is 4.47. The first-order chi connectivity index (χ1) is 6.52. The molecule has 80 valence electrons. The van der Waals surface area contributed by atoms with Gasteiger partial charge in [-0.15, -0.1) is 0 Å².